The zero-order valence-electron chi connectivity index (χ0n) is 14.8. The Balaban J connectivity index is 0.00000196. The van der Waals surface area contributed by atoms with Gasteiger partial charge in [0.05, 0.1) is 5.69 Å². The Bertz CT molecular complexity index is 820. The van der Waals surface area contributed by atoms with Gasteiger partial charge in [-0.25, -0.2) is 0 Å². The van der Waals surface area contributed by atoms with Crippen molar-refractivity contribution >= 4 is 23.7 Å². The minimum Gasteiger partial charge on any atom is -0.487 e. The van der Waals surface area contributed by atoms with Gasteiger partial charge in [0.25, 0.3) is 0 Å². The summed E-state index contributed by atoms with van der Waals surface area (Å²) in [7, 11) is 0. The molecule has 0 amide bonds. The number of aromatic nitrogens is 1. The lowest BCUT2D eigenvalue weighted by molar-refractivity contribution is 0.191. The minimum atomic E-state index is 0. The van der Waals surface area contributed by atoms with Gasteiger partial charge in [-0.3, -0.25) is 9.88 Å². The van der Waals surface area contributed by atoms with E-state index in [1.54, 1.807) is 11.1 Å². The highest BCUT2D eigenvalue weighted by atomic mass is 35.5. The number of fused-ring (bicyclic) bond motifs is 1. The van der Waals surface area contributed by atoms with E-state index in [1.807, 2.05) is 29.5 Å². The van der Waals surface area contributed by atoms with Gasteiger partial charge in [-0.15, -0.1) is 23.7 Å². The molecule has 0 aliphatic carbocycles. The second-order valence-corrected chi connectivity index (χ2v) is 7.45. The second-order valence-electron chi connectivity index (χ2n) is 6.45. The van der Waals surface area contributed by atoms with Crippen molar-refractivity contribution in [2.24, 2.45) is 0 Å². The average Bonchev–Trinajstić information content (AvgIpc) is 3.14. The van der Waals surface area contributed by atoms with Gasteiger partial charge in [-0.1, -0.05) is 18.2 Å². The highest BCUT2D eigenvalue weighted by Crippen LogP contribution is 2.33. The van der Waals surface area contributed by atoms with Gasteiger partial charge in [0, 0.05) is 30.2 Å². The van der Waals surface area contributed by atoms with E-state index in [-0.39, 0.29) is 12.4 Å². The van der Waals surface area contributed by atoms with Crippen LogP contribution in [0.15, 0.2) is 60.1 Å². The molecule has 3 heterocycles. The smallest absolute Gasteiger partial charge is 0.130 e. The molecule has 26 heavy (non-hydrogen) atoms. The summed E-state index contributed by atoms with van der Waals surface area (Å²) in [5.41, 5.74) is 3.78. The fraction of sp³-hybridized carbons (Fsp3) is 0.286. The zero-order valence-corrected chi connectivity index (χ0v) is 16.4. The van der Waals surface area contributed by atoms with E-state index < -0.39 is 0 Å². The predicted octanol–water partition coefficient (Wildman–Crippen LogP) is 5.26. The van der Waals surface area contributed by atoms with Crippen LogP contribution < -0.4 is 4.74 Å². The van der Waals surface area contributed by atoms with Gasteiger partial charge < -0.3 is 4.74 Å². The number of benzene rings is 1. The minimum absolute atomic E-state index is 0. The second kappa shape index (κ2) is 8.67. The molecular formula is C21H23ClN2OS. The van der Waals surface area contributed by atoms with E-state index in [0.29, 0.717) is 12.6 Å². The molecule has 0 N–H and O–H groups in total. The Morgan fingerprint density at radius 3 is 2.77 bits per heavy atom. The van der Waals surface area contributed by atoms with Crippen molar-refractivity contribution < 1.29 is 4.74 Å². The Labute approximate surface area is 165 Å². The van der Waals surface area contributed by atoms with E-state index in [4.69, 9.17) is 4.74 Å². The first-order valence-electron chi connectivity index (χ1n) is 8.71. The maximum Gasteiger partial charge on any atom is 0.130 e. The van der Waals surface area contributed by atoms with Crippen LogP contribution in [0.1, 0.15) is 34.7 Å². The van der Waals surface area contributed by atoms with Crippen molar-refractivity contribution in [3.63, 3.8) is 0 Å². The van der Waals surface area contributed by atoms with E-state index in [1.165, 1.54) is 17.5 Å². The third kappa shape index (κ3) is 4.26. The van der Waals surface area contributed by atoms with Crippen molar-refractivity contribution in [1.29, 1.82) is 0 Å². The van der Waals surface area contributed by atoms with E-state index >= 15 is 0 Å². The highest BCUT2D eigenvalue weighted by Gasteiger charge is 2.24. The largest absolute Gasteiger partial charge is 0.487 e. The standard InChI is InChI=1S/C21H22N2OS.ClH/c1-16-20-10-13-25-21(20)9-12-23(16)14-17-5-7-19(8-6-17)24-15-18-4-2-3-11-22-18;/h2-8,10-11,13,16H,9,12,14-15H2,1H3;1H. The number of hydrogen-bond acceptors (Lipinski definition) is 4. The molecule has 0 spiro atoms. The molecule has 3 nitrogen and oxygen atoms in total. The Hall–Kier alpha value is -1.88. The molecule has 0 radical (unpaired) electrons. The lowest BCUT2D eigenvalue weighted by Crippen LogP contribution is -2.32. The first-order valence-corrected chi connectivity index (χ1v) is 9.59. The molecule has 136 valence electrons. The summed E-state index contributed by atoms with van der Waals surface area (Å²) < 4.78 is 5.82. The molecule has 0 bridgehead atoms. The number of ether oxygens (including phenoxy) is 1. The summed E-state index contributed by atoms with van der Waals surface area (Å²) in [6.45, 7) is 4.93. The number of thiophene rings is 1. The molecule has 3 aromatic rings. The van der Waals surface area contributed by atoms with Crippen LogP contribution in [0.2, 0.25) is 0 Å². The van der Waals surface area contributed by atoms with Gasteiger partial charge >= 0.3 is 0 Å². The van der Waals surface area contributed by atoms with Crippen LogP contribution in [0.4, 0.5) is 0 Å². The Morgan fingerprint density at radius 2 is 2.00 bits per heavy atom. The van der Waals surface area contributed by atoms with Gasteiger partial charge in [-0.05, 0) is 60.2 Å². The zero-order chi connectivity index (χ0) is 17.1. The summed E-state index contributed by atoms with van der Waals surface area (Å²) >= 11 is 1.89. The van der Waals surface area contributed by atoms with Gasteiger partial charge in [-0.2, -0.15) is 0 Å². The lowest BCUT2D eigenvalue weighted by Gasteiger charge is -2.33. The normalized spacial score (nSPS) is 16.6. The van der Waals surface area contributed by atoms with Crippen molar-refractivity contribution in [2.75, 3.05) is 6.54 Å². The van der Waals surface area contributed by atoms with Gasteiger partial charge in [0.15, 0.2) is 0 Å². The maximum atomic E-state index is 5.82. The van der Waals surface area contributed by atoms with Crippen molar-refractivity contribution in [1.82, 2.24) is 9.88 Å². The molecule has 2 aromatic heterocycles. The third-order valence-corrected chi connectivity index (χ3v) is 5.82. The fourth-order valence-corrected chi connectivity index (χ4v) is 4.31. The summed E-state index contributed by atoms with van der Waals surface area (Å²) in [5, 5.41) is 2.22. The molecule has 1 atom stereocenters. The molecule has 1 aromatic carbocycles. The summed E-state index contributed by atoms with van der Waals surface area (Å²) in [6, 6.07) is 17.1. The third-order valence-electron chi connectivity index (χ3n) is 4.83. The van der Waals surface area contributed by atoms with E-state index in [0.717, 1.165) is 24.5 Å². The highest BCUT2D eigenvalue weighted by molar-refractivity contribution is 7.10. The molecule has 1 unspecified atom stereocenters. The quantitative estimate of drug-likeness (QED) is 0.597. The van der Waals surface area contributed by atoms with Crippen LogP contribution in [0, 0.1) is 0 Å². The molecule has 4 rings (SSSR count). The first-order chi connectivity index (χ1) is 12.3. The van der Waals surface area contributed by atoms with Crippen molar-refractivity contribution in [3.05, 3.63) is 81.8 Å². The summed E-state index contributed by atoms with van der Waals surface area (Å²) in [4.78, 5) is 8.39. The molecule has 0 saturated heterocycles. The molecular weight excluding hydrogens is 364 g/mol. The Morgan fingerprint density at radius 1 is 1.15 bits per heavy atom. The number of halogens is 1. The van der Waals surface area contributed by atoms with Gasteiger partial charge in [0.2, 0.25) is 0 Å². The van der Waals surface area contributed by atoms with E-state index in [2.05, 4.69) is 52.5 Å². The Kier molecular flexibility index (Phi) is 6.30. The lowest BCUT2D eigenvalue weighted by atomic mass is 10.0. The molecule has 0 saturated carbocycles. The maximum absolute atomic E-state index is 5.82. The monoisotopic (exact) mass is 386 g/mol. The fourth-order valence-electron chi connectivity index (χ4n) is 3.34. The van der Waals surface area contributed by atoms with Gasteiger partial charge in [0.1, 0.15) is 12.4 Å². The van der Waals surface area contributed by atoms with Crippen molar-refractivity contribution in [3.8, 4) is 5.75 Å². The average molecular weight is 387 g/mol. The molecule has 1 aliphatic rings. The number of hydrogen-bond donors (Lipinski definition) is 0. The predicted molar refractivity (Wildman–Crippen MR) is 109 cm³/mol. The number of rotatable bonds is 5. The van der Waals surface area contributed by atoms with E-state index in [9.17, 15) is 0 Å². The van der Waals surface area contributed by atoms with Crippen LogP contribution in [0.3, 0.4) is 0 Å². The van der Waals surface area contributed by atoms with Crippen LogP contribution in [0.5, 0.6) is 5.75 Å². The van der Waals surface area contributed by atoms with Crippen LogP contribution in [-0.4, -0.2) is 16.4 Å². The van der Waals surface area contributed by atoms with Crippen LogP contribution >= 0.6 is 23.7 Å². The molecule has 0 fully saturated rings. The molecule has 1 aliphatic heterocycles. The topological polar surface area (TPSA) is 25.4 Å². The van der Waals surface area contributed by atoms with Crippen LogP contribution in [0.25, 0.3) is 0 Å². The summed E-state index contributed by atoms with van der Waals surface area (Å²) in [6.07, 6.45) is 2.96. The SMILES string of the molecule is CC1c2ccsc2CCN1Cc1ccc(OCc2ccccn2)cc1.Cl. The molecule has 5 heteroatoms. The van der Waals surface area contributed by atoms with Crippen molar-refractivity contribution in [2.45, 2.75) is 32.5 Å². The summed E-state index contributed by atoms with van der Waals surface area (Å²) in [5.74, 6) is 0.890. The number of pyridine rings is 1. The van der Waals surface area contributed by atoms with Crippen LogP contribution in [-0.2, 0) is 19.6 Å². The number of nitrogens with zero attached hydrogens (tertiary/aromatic N) is 2. The first kappa shape index (κ1) is 18.9.